The summed E-state index contributed by atoms with van der Waals surface area (Å²) in [5.74, 6) is -0.959. The van der Waals surface area contributed by atoms with Gasteiger partial charge in [0.2, 0.25) is 0 Å². The van der Waals surface area contributed by atoms with Crippen LogP contribution in [0.1, 0.15) is 17.3 Å². The van der Waals surface area contributed by atoms with Gasteiger partial charge < -0.3 is 20.9 Å². The molecule has 1 aromatic rings. The third kappa shape index (κ3) is 3.61. The number of aromatic carboxylic acids is 1. The van der Waals surface area contributed by atoms with E-state index in [2.05, 4.69) is 17.1 Å². The van der Waals surface area contributed by atoms with Crippen LogP contribution >= 0.6 is 0 Å². The maximum Gasteiger partial charge on any atom is 0.335 e. The fourth-order valence-corrected chi connectivity index (χ4v) is 2.26. The molecule has 1 aliphatic heterocycles. The van der Waals surface area contributed by atoms with E-state index in [9.17, 15) is 4.79 Å². The molecule has 110 valence electrons. The van der Waals surface area contributed by atoms with Gasteiger partial charge in [0, 0.05) is 19.6 Å². The van der Waals surface area contributed by atoms with E-state index < -0.39 is 5.97 Å². The highest BCUT2D eigenvalue weighted by Gasteiger charge is 2.19. The van der Waals surface area contributed by atoms with Gasteiger partial charge in [-0.25, -0.2) is 4.79 Å². The van der Waals surface area contributed by atoms with Gasteiger partial charge in [-0.05, 0) is 24.7 Å². The number of carboxylic acid groups (broad SMARTS) is 1. The lowest BCUT2D eigenvalue weighted by Gasteiger charge is -2.32. The molecule has 1 aliphatic rings. The van der Waals surface area contributed by atoms with Gasteiger partial charge in [-0.3, -0.25) is 4.90 Å². The molecular weight excluding hydrogens is 258 g/mol. The smallest absolute Gasteiger partial charge is 0.335 e. The third-order valence-electron chi connectivity index (χ3n) is 3.49. The van der Waals surface area contributed by atoms with Crippen LogP contribution in [-0.4, -0.2) is 54.9 Å². The monoisotopic (exact) mass is 279 g/mol. The van der Waals surface area contributed by atoms with Crippen molar-refractivity contribution >= 4 is 17.3 Å². The number of nitrogens with zero attached hydrogens (tertiary/aromatic N) is 1. The second kappa shape index (κ2) is 6.58. The summed E-state index contributed by atoms with van der Waals surface area (Å²) in [6.45, 7) is 6.32. The molecule has 0 radical (unpaired) electrons. The lowest BCUT2D eigenvalue weighted by Crippen LogP contribution is -2.45. The Hall–Kier alpha value is -1.79. The van der Waals surface area contributed by atoms with Crippen molar-refractivity contribution < 1.29 is 14.6 Å². The maximum atomic E-state index is 11.0. The van der Waals surface area contributed by atoms with Crippen molar-refractivity contribution in [2.24, 2.45) is 0 Å². The fourth-order valence-electron chi connectivity index (χ4n) is 2.26. The third-order valence-corrected chi connectivity index (χ3v) is 3.49. The molecule has 4 N–H and O–H groups in total. The Labute approximate surface area is 118 Å². The zero-order valence-corrected chi connectivity index (χ0v) is 11.6. The first kappa shape index (κ1) is 14.6. The Kier molecular flexibility index (Phi) is 4.81. The summed E-state index contributed by atoms with van der Waals surface area (Å²) in [4.78, 5) is 13.3. The van der Waals surface area contributed by atoms with Crippen molar-refractivity contribution in [2.75, 3.05) is 43.8 Å². The molecule has 2 rings (SSSR count). The SMILES string of the molecule is CCN1CCOC(CNc2cc(C(=O)O)ccc2N)C1. The van der Waals surface area contributed by atoms with Crippen LogP contribution in [-0.2, 0) is 4.74 Å². The topological polar surface area (TPSA) is 87.8 Å². The summed E-state index contributed by atoms with van der Waals surface area (Å²) in [5.41, 5.74) is 7.26. The minimum absolute atomic E-state index is 0.0941. The van der Waals surface area contributed by atoms with Gasteiger partial charge in [-0.15, -0.1) is 0 Å². The van der Waals surface area contributed by atoms with Crippen molar-refractivity contribution in [1.29, 1.82) is 0 Å². The second-order valence-electron chi connectivity index (χ2n) is 4.87. The first-order valence-corrected chi connectivity index (χ1v) is 6.80. The molecule has 1 atom stereocenters. The summed E-state index contributed by atoms with van der Waals surface area (Å²) >= 11 is 0. The van der Waals surface area contributed by atoms with E-state index in [-0.39, 0.29) is 11.7 Å². The molecule has 1 aromatic carbocycles. The van der Waals surface area contributed by atoms with E-state index in [0.29, 0.717) is 17.9 Å². The molecule has 0 aromatic heterocycles. The number of rotatable bonds is 5. The van der Waals surface area contributed by atoms with Crippen molar-refractivity contribution in [3.63, 3.8) is 0 Å². The average molecular weight is 279 g/mol. The summed E-state index contributed by atoms with van der Waals surface area (Å²) < 4.78 is 5.69. The number of morpholine rings is 1. The van der Waals surface area contributed by atoms with Crippen LogP contribution in [0.15, 0.2) is 18.2 Å². The van der Waals surface area contributed by atoms with Crippen LogP contribution in [0.2, 0.25) is 0 Å². The normalized spacial score (nSPS) is 19.8. The highest BCUT2D eigenvalue weighted by atomic mass is 16.5. The number of carboxylic acids is 1. The number of hydrogen-bond donors (Lipinski definition) is 3. The highest BCUT2D eigenvalue weighted by molar-refractivity contribution is 5.90. The first-order valence-electron chi connectivity index (χ1n) is 6.80. The molecular formula is C14H21N3O3. The molecule has 6 heteroatoms. The molecule has 0 amide bonds. The quantitative estimate of drug-likeness (QED) is 0.700. The van der Waals surface area contributed by atoms with E-state index in [0.717, 1.165) is 26.2 Å². The number of ether oxygens (including phenoxy) is 1. The predicted octanol–water partition coefficient (Wildman–Crippen LogP) is 1.10. The molecule has 1 saturated heterocycles. The van der Waals surface area contributed by atoms with Crippen LogP contribution in [0.5, 0.6) is 0 Å². The molecule has 0 bridgehead atoms. The maximum absolute atomic E-state index is 11.0. The molecule has 0 saturated carbocycles. The standard InChI is InChI=1S/C14H21N3O3/c1-2-17-5-6-20-11(9-17)8-16-13-7-10(14(18)19)3-4-12(13)15/h3-4,7,11,16H,2,5-6,8-9,15H2,1H3,(H,18,19). The summed E-state index contributed by atoms with van der Waals surface area (Å²) in [6, 6.07) is 4.66. The molecule has 1 heterocycles. The van der Waals surface area contributed by atoms with Crippen LogP contribution in [0.4, 0.5) is 11.4 Å². The number of likely N-dealkylation sites (N-methyl/N-ethyl adjacent to an activating group) is 1. The van der Waals surface area contributed by atoms with Gasteiger partial charge in [0.25, 0.3) is 0 Å². The molecule has 1 fully saturated rings. The summed E-state index contributed by atoms with van der Waals surface area (Å²) in [7, 11) is 0. The van der Waals surface area contributed by atoms with Crippen molar-refractivity contribution in [3.05, 3.63) is 23.8 Å². The Morgan fingerprint density at radius 2 is 2.40 bits per heavy atom. The number of anilines is 2. The van der Waals surface area contributed by atoms with Crippen molar-refractivity contribution in [3.8, 4) is 0 Å². The molecule has 0 spiro atoms. The molecule has 20 heavy (non-hydrogen) atoms. The molecule has 0 aliphatic carbocycles. The number of nitrogen functional groups attached to an aromatic ring is 1. The van der Waals surface area contributed by atoms with Gasteiger partial charge in [0.15, 0.2) is 0 Å². The van der Waals surface area contributed by atoms with Gasteiger partial charge in [-0.2, -0.15) is 0 Å². The number of nitrogens with one attached hydrogen (secondary N) is 1. The Bertz CT molecular complexity index is 479. The van der Waals surface area contributed by atoms with Crippen molar-refractivity contribution in [2.45, 2.75) is 13.0 Å². The lowest BCUT2D eigenvalue weighted by atomic mass is 10.1. The summed E-state index contributed by atoms with van der Waals surface area (Å²) in [6.07, 6.45) is 0.0941. The Morgan fingerprint density at radius 1 is 1.60 bits per heavy atom. The first-order chi connectivity index (χ1) is 9.60. The lowest BCUT2D eigenvalue weighted by molar-refractivity contribution is -0.0191. The number of nitrogens with two attached hydrogens (primary N) is 1. The van der Waals surface area contributed by atoms with E-state index >= 15 is 0 Å². The Balaban J connectivity index is 1.96. The minimum atomic E-state index is -0.959. The average Bonchev–Trinajstić information content (AvgIpc) is 2.46. The number of benzene rings is 1. The van der Waals surface area contributed by atoms with Crippen LogP contribution in [0, 0.1) is 0 Å². The Morgan fingerprint density at radius 3 is 3.10 bits per heavy atom. The van der Waals surface area contributed by atoms with Crippen molar-refractivity contribution in [1.82, 2.24) is 4.90 Å². The van der Waals surface area contributed by atoms with Crippen LogP contribution in [0.25, 0.3) is 0 Å². The van der Waals surface area contributed by atoms with Gasteiger partial charge >= 0.3 is 5.97 Å². The largest absolute Gasteiger partial charge is 0.478 e. The molecule has 1 unspecified atom stereocenters. The van der Waals surface area contributed by atoms with Gasteiger partial charge in [0.1, 0.15) is 0 Å². The van der Waals surface area contributed by atoms with Gasteiger partial charge in [-0.1, -0.05) is 6.92 Å². The molecule has 6 nitrogen and oxygen atoms in total. The van der Waals surface area contributed by atoms with Crippen LogP contribution < -0.4 is 11.1 Å². The number of carbonyl (C=O) groups is 1. The van der Waals surface area contributed by atoms with E-state index in [4.69, 9.17) is 15.6 Å². The zero-order chi connectivity index (χ0) is 14.5. The minimum Gasteiger partial charge on any atom is -0.478 e. The number of hydrogen-bond acceptors (Lipinski definition) is 5. The van der Waals surface area contributed by atoms with Gasteiger partial charge in [0.05, 0.1) is 29.6 Å². The summed E-state index contributed by atoms with van der Waals surface area (Å²) in [5, 5.41) is 12.2. The van der Waals surface area contributed by atoms with E-state index in [1.165, 1.54) is 6.07 Å². The van der Waals surface area contributed by atoms with E-state index in [1.807, 2.05) is 0 Å². The highest BCUT2D eigenvalue weighted by Crippen LogP contribution is 2.20. The van der Waals surface area contributed by atoms with Crippen LogP contribution in [0.3, 0.4) is 0 Å². The predicted molar refractivity (Wildman–Crippen MR) is 78.2 cm³/mol. The fraction of sp³-hybridized carbons (Fsp3) is 0.500. The van der Waals surface area contributed by atoms with E-state index in [1.54, 1.807) is 12.1 Å². The second-order valence-corrected chi connectivity index (χ2v) is 4.87. The zero-order valence-electron chi connectivity index (χ0n) is 11.6.